The summed E-state index contributed by atoms with van der Waals surface area (Å²) in [6.45, 7) is 6.75. The van der Waals surface area contributed by atoms with E-state index >= 15 is 0 Å². The third-order valence-electron chi connectivity index (χ3n) is 3.74. The molecular formula is C16H24FN3. The van der Waals surface area contributed by atoms with Crippen molar-refractivity contribution in [3.63, 3.8) is 0 Å². The van der Waals surface area contributed by atoms with Gasteiger partial charge in [-0.3, -0.25) is 4.99 Å². The highest BCUT2D eigenvalue weighted by atomic mass is 19.1. The Kier molecular flexibility index (Phi) is 4.99. The fourth-order valence-corrected chi connectivity index (χ4v) is 2.31. The fourth-order valence-electron chi connectivity index (χ4n) is 2.31. The predicted octanol–water partition coefficient (Wildman–Crippen LogP) is 2.82. The summed E-state index contributed by atoms with van der Waals surface area (Å²) in [4.78, 5) is 4.68. The van der Waals surface area contributed by atoms with E-state index in [-0.39, 0.29) is 11.2 Å². The second-order valence-electron chi connectivity index (χ2n) is 5.41. The summed E-state index contributed by atoms with van der Waals surface area (Å²) >= 11 is 0. The Morgan fingerprint density at radius 1 is 1.20 bits per heavy atom. The van der Waals surface area contributed by atoms with Gasteiger partial charge in [0.15, 0.2) is 5.96 Å². The lowest BCUT2D eigenvalue weighted by atomic mass is 9.96. The molecule has 0 amide bonds. The topological polar surface area (TPSA) is 36.4 Å². The van der Waals surface area contributed by atoms with Crippen LogP contribution in [-0.2, 0) is 5.41 Å². The molecule has 20 heavy (non-hydrogen) atoms. The van der Waals surface area contributed by atoms with Crippen molar-refractivity contribution in [2.24, 2.45) is 4.99 Å². The molecule has 1 aromatic carbocycles. The zero-order valence-corrected chi connectivity index (χ0v) is 12.4. The number of rotatable bonds is 6. The van der Waals surface area contributed by atoms with E-state index in [4.69, 9.17) is 0 Å². The van der Waals surface area contributed by atoms with Crippen molar-refractivity contribution in [3.05, 3.63) is 35.6 Å². The second-order valence-corrected chi connectivity index (χ2v) is 5.41. The number of nitrogens with one attached hydrogen (secondary N) is 2. The van der Waals surface area contributed by atoms with Gasteiger partial charge >= 0.3 is 0 Å². The van der Waals surface area contributed by atoms with Crippen LogP contribution in [-0.4, -0.2) is 25.6 Å². The quantitative estimate of drug-likeness (QED) is 0.619. The minimum Gasteiger partial charge on any atom is -0.357 e. The van der Waals surface area contributed by atoms with Crippen LogP contribution < -0.4 is 10.6 Å². The molecule has 0 heterocycles. The molecule has 1 aliphatic rings. The minimum absolute atomic E-state index is 0.127. The van der Waals surface area contributed by atoms with E-state index in [1.54, 1.807) is 12.1 Å². The molecular weight excluding hydrogens is 253 g/mol. The maximum atomic E-state index is 13.0. The van der Waals surface area contributed by atoms with Crippen LogP contribution in [0.3, 0.4) is 0 Å². The molecule has 0 bridgehead atoms. The van der Waals surface area contributed by atoms with Gasteiger partial charge in [0.1, 0.15) is 5.82 Å². The van der Waals surface area contributed by atoms with Crippen molar-refractivity contribution in [1.29, 1.82) is 0 Å². The van der Waals surface area contributed by atoms with Crippen LogP contribution in [0.5, 0.6) is 0 Å². The van der Waals surface area contributed by atoms with Gasteiger partial charge in [0.2, 0.25) is 0 Å². The first-order chi connectivity index (χ1) is 9.70. The van der Waals surface area contributed by atoms with E-state index in [1.165, 1.54) is 5.56 Å². The Balaban J connectivity index is 2.01. The maximum Gasteiger partial charge on any atom is 0.191 e. The molecule has 1 fully saturated rings. The van der Waals surface area contributed by atoms with Gasteiger partial charge in [0.05, 0.1) is 6.54 Å². The minimum atomic E-state index is -0.175. The summed E-state index contributed by atoms with van der Waals surface area (Å²) < 4.78 is 13.0. The fraction of sp³-hybridized carbons (Fsp3) is 0.562. The first kappa shape index (κ1) is 14.8. The first-order valence-corrected chi connectivity index (χ1v) is 7.48. The highest BCUT2D eigenvalue weighted by molar-refractivity contribution is 5.79. The molecule has 3 nitrogen and oxygen atoms in total. The summed E-state index contributed by atoms with van der Waals surface area (Å²) in [6, 6.07) is 6.87. The van der Waals surface area contributed by atoms with Gasteiger partial charge < -0.3 is 10.6 Å². The van der Waals surface area contributed by atoms with Gasteiger partial charge in [0.25, 0.3) is 0 Å². The number of guanidine groups is 1. The van der Waals surface area contributed by atoms with Crippen LogP contribution in [0, 0.1) is 5.82 Å². The van der Waals surface area contributed by atoms with Crippen LogP contribution in [0.25, 0.3) is 0 Å². The molecule has 4 heteroatoms. The van der Waals surface area contributed by atoms with Gasteiger partial charge in [-0.15, -0.1) is 0 Å². The van der Waals surface area contributed by atoms with Gasteiger partial charge in [-0.2, -0.15) is 0 Å². The van der Waals surface area contributed by atoms with Crippen molar-refractivity contribution in [2.45, 2.75) is 38.5 Å². The third-order valence-corrected chi connectivity index (χ3v) is 3.74. The number of aliphatic imine (C=N–C) groups is 1. The molecule has 0 aromatic heterocycles. The van der Waals surface area contributed by atoms with Crippen LogP contribution in [0.2, 0.25) is 0 Å². The molecule has 1 aromatic rings. The van der Waals surface area contributed by atoms with Gasteiger partial charge in [-0.25, -0.2) is 4.39 Å². The summed E-state index contributed by atoms with van der Waals surface area (Å²) in [7, 11) is 0. The maximum absolute atomic E-state index is 13.0. The normalized spacial score (nSPS) is 16.9. The van der Waals surface area contributed by atoms with Crippen molar-refractivity contribution in [2.75, 3.05) is 19.6 Å². The molecule has 1 aliphatic carbocycles. The van der Waals surface area contributed by atoms with Crippen LogP contribution >= 0.6 is 0 Å². The summed E-state index contributed by atoms with van der Waals surface area (Å²) in [5.74, 6) is 0.703. The molecule has 2 rings (SSSR count). The van der Waals surface area contributed by atoms with Gasteiger partial charge in [0, 0.05) is 18.5 Å². The van der Waals surface area contributed by atoms with E-state index in [0.717, 1.165) is 44.9 Å². The molecule has 1 saturated carbocycles. The average molecular weight is 277 g/mol. The van der Waals surface area contributed by atoms with Gasteiger partial charge in [-0.05, 0) is 43.9 Å². The first-order valence-electron chi connectivity index (χ1n) is 7.48. The Labute approximate surface area is 120 Å². The number of nitrogens with zero attached hydrogens (tertiary/aromatic N) is 1. The number of hydrogen-bond acceptors (Lipinski definition) is 1. The summed E-state index contributed by atoms with van der Waals surface area (Å²) in [6.07, 6.45) is 3.35. The summed E-state index contributed by atoms with van der Waals surface area (Å²) in [5, 5.41) is 6.57. The molecule has 0 aliphatic heterocycles. The van der Waals surface area contributed by atoms with Crippen LogP contribution in [0.1, 0.15) is 38.7 Å². The Bertz CT molecular complexity index is 449. The highest BCUT2D eigenvalue weighted by Gasteiger charge is 2.44. The zero-order chi connectivity index (χ0) is 14.4. The smallest absolute Gasteiger partial charge is 0.191 e. The lowest BCUT2D eigenvalue weighted by Gasteiger charge is -2.15. The summed E-state index contributed by atoms with van der Waals surface area (Å²) in [5.41, 5.74) is 1.33. The van der Waals surface area contributed by atoms with Crippen molar-refractivity contribution in [1.82, 2.24) is 10.6 Å². The van der Waals surface area contributed by atoms with E-state index in [2.05, 4.69) is 29.5 Å². The van der Waals surface area contributed by atoms with Gasteiger partial charge in [-0.1, -0.05) is 19.1 Å². The Morgan fingerprint density at radius 2 is 1.90 bits per heavy atom. The number of hydrogen-bond donors (Lipinski definition) is 2. The molecule has 0 atom stereocenters. The number of benzene rings is 1. The van der Waals surface area contributed by atoms with Crippen LogP contribution in [0.15, 0.2) is 29.3 Å². The van der Waals surface area contributed by atoms with E-state index in [0.29, 0.717) is 0 Å². The van der Waals surface area contributed by atoms with Crippen molar-refractivity contribution in [3.8, 4) is 0 Å². The molecule has 0 radical (unpaired) electrons. The monoisotopic (exact) mass is 277 g/mol. The highest BCUT2D eigenvalue weighted by Crippen LogP contribution is 2.48. The average Bonchev–Trinajstić information content (AvgIpc) is 3.24. The Hall–Kier alpha value is -1.58. The lowest BCUT2D eigenvalue weighted by Crippen LogP contribution is -2.38. The number of halogens is 1. The molecule has 0 spiro atoms. The third kappa shape index (κ3) is 3.71. The lowest BCUT2D eigenvalue weighted by molar-refractivity contribution is 0.623. The van der Waals surface area contributed by atoms with E-state index < -0.39 is 0 Å². The van der Waals surface area contributed by atoms with Crippen molar-refractivity contribution < 1.29 is 4.39 Å². The largest absolute Gasteiger partial charge is 0.357 e. The van der Waals surface area contributed by atoms with E-state index in [9.17, 15) is 4.39 Å². The van der Waals surface area contributed by atoms with Crippen LogP contribution in [0.4, 0.5) is 4.39 Å². The standard InChI is InChI=1S/C16H24FN3/c1-3-11-19-15(18-4-2)20-12-16(9-10-16)13-5-7-14(17)8-6-13/h5-8H,3-4,9-12H2,1-2H3,(H2,18,19,20). The SMILES string of the molecule is CCCNC(=NCC1(c2ccc(F)cc2)CC1)NCC. The molecule has 0 unspecified atom stereocenters. The second kappa shape index (κ2) is 6.73. The Morgan fingerprint density at radius 3 is 2.45 bits per heavy atom. The molecule has 0 saturated heterocycles. The molecule has 2 N–H and O–H groups in total. The zero-order valence-electron chi connectivity index (χ0n) is 12.4. The van der Waals surface area contributed by atoms with E-state index in [1.807, 2.05) is 12.1 Å². The predicted molar refractivity (Wildman–Crippen MR) is 81.6 cm³/mol. The molecule has 110 valence electrons. The van der Waals surface area contributed by atoms with Crippen molar-refractivity contribution >= 4 is 5.96 Å².